The minimum atomic E-state index is 0.0800. The highest BCUT2D eigenvalue weighted by Crippen LogP contribution is 2.37. The van der Waals surface area contributed by atoms with Crippen molar-refractivity contribution in [3.8, 4) is 0 Å². The van der Waals surface area contributed by atoms with E-state index < -0.39 is 0 Å². The van der Waals surface area contributed by atoms with Crippen molar-refractivity contribution in [1.82, 2.24) is 10.2 Å². The Morgan fingerprint density at radius 3 is 2.76 bits per heavy atom. The molecule has 5 nitrogen and oxygen atoms in total. The largest absolute Gasteiger partial charge is 0.384 e. The molecule has 0 aliphatic heterocycles. The molecule has 5 heteroatoms. The minimum absolute atomic E-state index is 0.0800. The first-order chi connectivity index (χ1) is 8.25. The van der Waals surface area contributed by atoms with Crippen LogP contribution in [0, 0.1) is 11.3 Å². The molecule has 0 spiro atoms. The zero-order valence-electron chi connectivity index (χ0n) is 9.76. The first kappa shape index (κ1) is 10.5. The molecule has 1 heterocycles. The first-order valence-corrected chi connectivity index (χ1v) is 6.18. The van der Waals surface area contributed by atoms with Crippen LogP contribution in [-0.4, -0.2) is 28.6 Å². The number of anilines is 1. The Hall–Kier alpha value is -1.65. The molecular formula is C12H17N5. The van der Waals surface area contributed by atoms with Gasteiger partial charge in [0.2, 0.25) is 0 Å². The Balaban J connectivity index is 1.90. The molecule has 2 saturated carbocycles. The number of nitrogens with one attached hydrogen (secondary N) is 1. The molecule has 1 aromatic heterocycles. The molecule has 2 aliphatic rings. The highest BCUT2D eigenvalue weighted by Gasteiger charge is 2.35. The highest BCUT2D eigenvalue weighted by molar-refractivity contribution is 5.99. The minimum Gasteiger partial charge on any atom is -0.384 e. The second-order valence-electron chi connectivity index (χ2n) is 5.01. The molecule has 0 bridgehead atoms. The van der Waals surface area contributed by atoms with Gasteiger partial charge in [-0.1, -0.05) is 0 Å². The Morgan fingerprint density at radius 1 is 1.41 bits per heavy atom. The van der Waals surface area contributed by atoms with E-state index in [1.807, 2.05) is 0 Å². The lowest BCUT2D eigenvalue weighted by Crippen LogP contribution is -2.31. The monoisotopic (exact) mass is 231 g/mol. The SMILES string of the molecule is N=C(N)c1ccnnc1N(CC1CC1)C1CC1. The number of aromatic nitrogens is 2. The van der Waals surface area contributed by atoms with Gasteiger partial charge in [-0.05, 0) is 37.7 Å². The van der Waals surface area contributed by atoms with E-state index in [9.17, 15) is 0 Å². The van der Waals surface area contributed by atoms with Crippen LogP contribution in [0.1, 0.15) is 31.2 Å². The summed E-state index contributed by atoms with van der Waals surface area (Å²) in [7, 11) is 0. The van der Waals surface area contributed by atoms with Crippen molar-refractivity contribution in [2.75, 3.05) is 11.4 Å². The van der Waals surface area contributed by atoms with E-state index in [0.717, 1.165) is 18.3 Å². The van der Waals surface area contributed by atoms with E-state index in [4.69, 9.17) is 11.1 Å². The van der Waals surface area contributed by atoms with E-state index in [1.165, 1.54) is 25.7 Å². The van der Waals surface area contributed by atoms with Crippen LogP contribution >= 0.6 is 0 Å². The number of hydrogen-bond acceptors (Lipinski definition) is 4. The van der Waals surface area contributed by atoms with Crippen molar-refractivity contribution in [2.45, 2.75) is 31.7 Å². The van der Waals surface area contributed by atoms with Crippen LogP contribution in [0.25, 0.3) is 0 Å². The lowest BCUT2D eigenvalue weighted by Gasteiger charge is -2.24. The second kappa shape index (κ2) is 3.98. The summed E-state index contributed by atoms with van der Waals surface area (Å²) in [4.78, 5) is 2.31. The molecule has 2 fully saturated rings. The number of nitrogen functional groups attached to an aromatic ring is 1. The lowest BCUT2D eigenvalue weighted by atomic mass is 10.2. The van der Waals surface area contributed by atoms with E-state index in [1.54, 1.807) is 12.3 Å². The summed E-state index contributed by atoms with van der Waals surface area (Å²) in [5.41, 5.74) is 6.32. The van der Waals surface area contributed by atoms with Gasteiger partial charge in [0.25, 0.3) is 0 Å². The van der Waals surface area contributed by atoms with Crippen LogP contribution in [-0.2, 0) is 0 Å². The Bertz CT molecular complexity index is 436. The number of hydrogen-bond donors (Lipinski definition) is 2. The maximum atomic E-state index is 7.61. The van der Waals surface area contributed by atoms with Crippen molar-refractivity contribution in [2.24, 2.45) is 11.7 Å². The smallest absolute Gasteiger partial charge is 0.162 e. The highest BCUT2D eigenvalue weighted by atomic mass is 15.3. The van der Waals surface area contributed by atoms with Crippen LogP contribution in [0.3, 0.4) is 0 Å². The molecule has 2 aliphatic carbocycles. The van der Waals surface area contributed by atoms with Gasteiger partial charge < -0.3 is 10.6 Å². The van der Waals surface area contributed by atoms with Crippen molar-refractivity contribution in [1.29, 1.82) is 5.41 Å². The summed E-state index contributed by atoms with van der Waals surface area (Å²) in [5, 5.41) is 15.8. The molecule has 1 aromatic rings. The average molecular weight is 231 g/mol. The third kappa shape index (κ3) is 2.23. The van der Waals surface area contributed by atoms with Gasteiger partial charge in [-0.15, -0.1) is 5.10 Å². The topological polar surface area (TPSA) is 78.9 Å². The van der Waals surface area contributed by atoms with Crippen LogP contribution < -0.4 is 10.6 Å². The summed E-state index contributed by atoms with van der Waals surface area (Å²) < 4.78 is 0. The molecule has 3 rings (SSSR count). The Kier molecular flexibility index (Phi) is 2.46. The van der Waals surface area contributed by atoms with Crippen molar-refractivity contribution in [3.05, 3.63) is 17.8 Å². The molecule has 17 heavy (non-hydrogen) atoms. The van der Waals surface area contributed by atoms with Gasteiger partial charge in [0.05, 0.1) is 11.8 Å². The summed E-state index contributed by atoms with van der Waals surface area (Å²) >= 11 is 0. The average Bonchev–Trinajstić information content (AvgIpc) is 3.17. The van der Waals surface area contributed by atoms with Gasteiger partial charge in [-0.25, -0.2) is 0 Å². The van der Waals surface area contributed by atoms with E-state index >= 15 is 0 Å². The van der Waals surface area contributed by atoms with Gasteiger partial charge in [0, 0.05) is 12.6 Å². The van der Waals surface area contributed by atoms with Gasteiger partial charge in [-0.2, -0.15) is 5.10 Å². The predicted octanol–water partition coefficient (Wildman–Crippen LogP) is 1.14. The Labute approximate surface area is 101 Å². The number of nitrogens with zero attached hydrogens (tertiary/aromatic N) is 3. The molecule has 0 amide bonds. The third-order valence-electron chi connectivity index (χ3n) is 3.40. The predicted molar refractivity (Wildman–Crippen MR) is 66.1 cm³/mol. The molecule has 0 unspecified atom stereocenters. The fourth-order valence-corrected chi connectivity index (χ4v) is 2.12. The van der Waals surface area contributed by atoms with Crippen molar-refractivity contribution in [3.63, 3.8) is 0 Å². The van der Waals surface area contributed by atoms with E-state index in [2.05, 4.69) is 15.1 Å². The molecular weight excluding hydrogens is 214 g/mol. The summed E-state index contributed by atoms with van der Waals surface area (Å²) in [6, 6.07) is 2.37. The molecule has 0 radical (unpaired) electrons. The standard InChI is InChI=1S/C12H17N5/c13-11(14)10-5-6-15-16-12(10)17(9-3-4-9)7-8-1-2-8/h5-6,8-9H,1-4,7H2,(H3,13,14). The van der Waals surface area contributed by atoms with E-state index in [0.29, 0.717) is 11.6 Å². The Morgan fingerprint density at radius 2 is 2.18 bits per heavy atom. The third-order valence-corrected chi connectivity index (χ3v) is 3.40. The van der Waals surface area contributed by atoms with E-state index in [-0.39, 0.29) is 5.84 Å². The van der Waals surface area contributed by atoms with Crippen LogP contribution in [0.4, 0.5) is 5.82 Å². The molecule has 0 aromatic carbocycles. The zero-order valence-corrected chi connectivity index (χ0v) is 9.76. The molecule has 0 atom stereocenters. The summed E-state index contributed by atoms with van der Waals surface area (Å²) in [6.45, 7) is 1.05. The zero-order chi connectivity index (χ0) is 11.8. The lowest BCUT2D eigenvalue weighted by molar-refractivity contribution is 0.701. The van der Waals surface area contributed by atoms with Gasteiger partial charge in [0.1, 0.15) is 5.84 Å². The van der Waals surface area contributed by atoms with Gasteiger partial charge in [-0.3, -0.25) is 5.41 Å². The van der Waals surface area contributed by atoms with Gasteiger partial charge >= 0.3 is 0 Å². The second-order valence-corrected chi connectivity index (χ2v) is 5.01. The van der Waals surface area contributed by atoms with Crippen LogP contribution in [0.2, 0.25) is 0 Å². The maximum Gasteiger partial charge on any atom is 0.162 e. The fraction of sp³-hybridized carbons (Fsp3) is 0.583. The maximum absolute atomic E-state index is 7.61. The van der Waals surface area contributed by atoms with Crippen LogP contribution in [0.15, 0.2) is 12.3 Å². The molecule has 3 N–H and O–H groups in total. The normalized spacial score (nSPS) is 19.1. The van der Waals surface area contributed by atoms with Crippen LogP contribution in [0.5, 0.6) is 0 Å². The molecule has 0 saturated heterocycles. The fourth-order valence-electron chi connectivity index (χ4n) is 2.12. The summed E-state index contributed by atoms with van der Waals surface area (Å²) in [5.74, 6) is 1.68. The number of nitrogens with two attached hydrogens (primary N) is 1. The van der Waals surface area contributed by atoms with Crippen molar-refractivity contribution < 1.29 is 0 Å². The number of amidine groups is 1. The van der Waals surface area contributed by atoms with Crippen molar-refractivity contribution >= 4 is 11.7 Å². The summed E-state index contributed by atoms with van der Waals surface area (Å²) in [6.07, 6.45) is 6.68. The quantitative estimate of drug-likeness (QED) is 0.588. The van der Waals surface area contributed by atoms with Gasteiger partial charge in [0.15, 0.2) is 5.82 Å². The first-order valence-electron chi connectivity index (χ1n) is 6.18. The molecule has 90 valence electrons. The number of rotatable bonds is 5.